The highest BCUT2D eigenvalue weighted by molar-refractivity contribution is 7.74. The highest BCUT2D eigenvalue weighted by atomic mass is 31.2. The molecule has 1 atom stereocenters. The molecule has 0 N–H and O–H groups in total. The first-order valence-corrected chi connectivity index (χ1v) is 12.7. The number of methoxy groups -OCH3 is 2. The van der Waals surface area contributed by atoms with Gasteiger partial charge in [-0.2, -0.15) is 13.2 Å². The lowest BCUT2D eigenvalue weighted by atomic mass is 10.0. The van der Waals surface area contributed by atoms with Crippen LogP contribution in [0.15, 0.2) is 60.7 Å². The average Bonchev–Trinajstić information content (AvgIpc) is 3.12. The molecule has 0 radical (unpaired) electrons. The number of hydrogen-bond donors (Lipinski definition) is 0. The van der Waals surface area contributed by atoms with Crippen LogP contribution in [0.1, 0.15) is 26.3 Å². The molecule has 0 bridgehead atoms. The third-order valence-corrected chi connectivity index (χ3v) is 10.3. The van der Waals surface area contributed by atoms with E-state index in [-0.39, 0.29) is 6.29 Å². The molecule has 0 saturated carbocycles. The molecule has 3 aromatic carbocycles. The van der Waals surface area contributed by atoms with Crippen LogP contribution in [0.4, 0.5) is 24.5 Å². The molecule has 4 rings (SSSR count). The third-order valence-electron chi connectivity index (χ3n) is 6.29. The molecule has 180 valence electrons. The number of alkyl halides is 3. The number of rotatable bonds is 4. The monoisotopic (exact) mass is 489 g/mol. The maximum atomic E-state index is 14.8. The van der Waals surface area contributed by atoms with Crippen LogP contribution >= 0.6 is 7.14 Å². The Labute approximate surface area is 197 Å². The Morgan fingerprint density at radius 2 is 1.41 bits per heavy atom. The Bertz CT molecular complexity index is 1240. The van der Waals surface area contributed by atoms with E-state index in [9.17, 15) is 17.7 Å². The summed E-state index contributed by atoms with van der Waals surface area (Å²) in [5.74, 6) is 1.17. The van der Waals surface area contributed by atoms with Crippen LogP contribution < -0.4 is 19.7 Å². The van der Waals surface area contributed by atoms with Crippen LogP contribution in [0.2, 0.25) is 0 Å². The standard InChI is InChI=1S/C26H27F3NO3P/c1-25(2,3)34(31)16-30(18-14-12-17(13-15-18)26(27,28)29)20-9-6-8-19(24(20)34)23-21(32-4)10-7-11-22(23)33-5/h6-15H,16H2,1-5H3. The minimum atomic E-state index is -4.42. The molecule has 8 heteroatoms. The number of nitrogens with zero attached hydrogens (tertiary/aromatic N) is 1. The summed E-state index contributed by atoms with van der Waals surface area (Å²) in [6.07, 6.45) is -4.23. The first kappa shape index (κ1) is 24.2. The fourth-order valence-corrected chi connectivity index (χ4v) is 7.48. The van der Waals surface area contributed by atoms with Crippen LogP contribution in [0.3, 0.4) is 0 Å². The van der Waals surface area contributed by atoms with Crippen molar-refractivity contribution < 1.29 is 27.2 Å². The second-order valence-electron chi connectivity index (χ2n) is 9.24. The van der Waals surface area contributed by atoms with Crippen molar-refractivity contribution in [3.63, 3.8) is 0 Å². The number of ether oxygens (including phenoxy) is 2. The zero-order chi connectivity index (χ0) is 24.9. The van der Waals surface area contributed by atoms with Gasteiger partial charge >= 0.3 is 6.18 Å². The third kappa shape index (κ3) is 3.86. The Morgan fingerprint density at radius 1 is 0.853 bits per heavy atom. The first-order valence-electron chi connectivity index (χ1n) is 10.8. The fourth-order valence-electron chi connectivity index (χ4n) is 4.39. The van der Waals surface area contributed by atoms with E-state index < -0.39 is 24.0 Å². The van der Waals surface area contributed by atoms with E-state index in [1.165, 1.54) is 12.1 Å². The van der Waals surface area contributed by atoms with Gasteiger partial charge in [-0.15, -0.1) is 0 Å². The summed E-state index contributed by atoms with van der Waals surface area (Å²) in [6, 6.07) is 16.1. The van der Waals surface area contributed by atoms with Crippen molar-refractivity contribution in [1.29, 1.82) is 0 Å². The second kappa shape index (κ2) is 8.38. The molecule has 1 unspecified atom stereocenters. The van der Waals surface area contributed by atoms with E-state index in [4.69, 9.17) is 9.47 Å². The largest absolute Gasteiger partial charge is 0.496 e. The molecule has 0 amide bonds. The smallest absolute Gasteiger partial charge is 0.416 e. The Kier molecular flexibility index (Phi) is 5.97. The van der Waals surface area contributed by atoms with E-state index in [0.717, 1.165) is 17.7 Å². The van der Waals surface area contributed by atoms with Crippen molar-refractivity contribution in [2.45, 2.75) is 32.1 Å². The highest BCUT2D eigenvalue weighted by Crippen LogP contribution is 2.65. The summed E-state index contributed by atoms with van der Waals surface area (Å²) in [7, 11) is 0.0565. The molecule has 1 aliphatic rings. The zero-order valence-electron chi connectivity index (χ0n) is 19.7. The van der Waals surface area contributed by atoms with Crippen molar-refractivity contribution in [2.24, 2.45) is 0 Å². The predicted molar refractivity (Wildman–Crippen MR) is 130 cm³/mol. The van der Waals surface area contributed by atoms with Crippen molar-refractivity contribution in [3.8, 4) is 22.6 Å². The molecule has 1 heterocycles. The first-order chi connectivity index (χ1) is 15.9. The molecule has 34 heavy (non-hydrogen) atoms. The van der Waals surface area contributed by atoms with E-state index in [1.54, 1.807) is 14.2 Å². The predicted octanol–water partition coefficient (Wildman–Crippen LogP) is 7.29. The van der Waals surface area contributed by atoms with E-state index in [0.29, 0.717) is 33.7 Å². The van der Waals surface area contributed by atoms with Crippen LogP contribution in [-0.4, -0.2) is 25.7 Å². The molecule has 1 aliphatic heterocycles. The average molecular weight is 489 g/mol. The van der Waals surface area contributed by atoms with Gasteiger partial charge < -0.3 is 18.9 Å². The SMILES string of the molecule is COc1cccc(OC)c1-c1cccc2c1P(=O)(C(C)(C)C)CN2c1ccc(C(F)(F)F)cc1. The van der Waals surface area contributed by atoms with Gasteiger partial charge in [0.2, 0.25) is 0 Å². The molecular weight excluding hydrogens is 462 g/mol. The molecule has 0 fully saturated rings. The van der Waals surface area contributed by atoms with Crippen molar-refractivity contribution >= 4 is 23.8 Å². The molecule has 0 spiro atoms. The number of anilines is 2. The van der Waals surface area contributed by atoms with Gasteiger partial charge in [0, 0.05) is 21.7 Å². The fraction of sp³-hybridized carbons (Fsp3) is 0.308. The van der Waals surface area contributed by atoms with Crippen LogP contribution in [0.25, 0.3) is 11.1 Å². The van der Waals surface area contributed by atoms with Gasteiger partial charge in [-0.1, -0.05) is 39.0 Å². The van der Waals surface area contributed by atoms with E-state index in [1.807, 2.05) is 62.1 Å². The molecule has 0 aromatic heterocycles. The van der Waals surface area contributed by atoms with Gasteiger partial charge in [-0.3, -0.25) is 0 Å². The van der Waals surface area contributed by atoms with Crippen molar-refractivity contribution in [1.82, 2.24) is 0 Å². The van der Waals surface area contributed by atoms with E-state index in [2.05, 4.69) is 0 Å². The summed E-state index contributed by atoms with van der Waals surface area (Å²) in [4.78, 5) is 1.85. The van der Waals surface area contributed by atoms with Crippen LogP contribution in [-0.2, 0) is 10.7 Å². The van der Waals surface area contributed by atoms with Gasteiger partial charge in [0.05, 0.1) is 37.3 Å². The summed E-state index contributed by atoms with van der Waals surface area (Å²) in [6.45, 7) is 5.80. The lowest BCUT2D eigenvalue weighted by Crippen LogP contribution is -2.24. The Hall–Kier alpha value is -2.92. The Morgan fingerprint density at radius 3 is 1.91 bits per heavy atom. The lowest BCUT2D eigenvalue weighted by Gasteiger charge is -2.30. The van der Waals surface area contributed by atoms with Gasteiger partial charge in [0.15, 0.2) is 0 Å². The van der Waals surface area contributed by atoms with Crippen molar-refractivity contribution in [2.75, 3.05) is 25.4 Å². The minimum Gasteiger partial charge on any atom is -0.496 e. The number of benzene rings is 3. The van der Waals surface area contributed by atoms with Crippen molar-refractivity contribution in [3.05, 3.63) is 66.2 Å². The maximum Gasteiger partial charge on any atom is 0.416 e. The molecular formula is C26H27F3NO3P. The van der Waals surface area contributed by atoms with Gasteiger partial charge in [-0.05, 0) is 42.5 Å². The van der Waals surface area contributed by atoms with Gasteiger partial charge in [-0.25, -0.2) is 0 Å². The topological polar surface area (TPSA) is 38.8 Å². The molecule has 0 aliphatic carbocycles. The maximum absolute atomic E-state index is 14.8. The molecule has 0 saturated heterocycles. The second-order valence-corrected chi connectivity index (χ2v) is 12.8. The van der Waals surface area contributed by atoms with E-state index >= 15 is 0 Å². The summed E-state index contributed by atoms with van der Waals surface area (Å²) < 4.78 is 65.4. The molecule has 3 aromatic rings. The highest BCUT2D eigenvalue weighted by Gasteiger charge is 2.49. The van der Waals surface area contributed by atoms with Gasteiger partial charge in [0.25, 0.3) is 0 Å². The summed E-state index contributed by atoms with van der Waals surface area (Å²) in [5, 5.41) is 0.0958. The number of halogens is 3. The normalized spacial score (nSPS) is 18.1. The molecule has 4 nitrogen and oxygen atoms in total. The summed E-state index contributed by atoms with van der Waals surface area (Å²) in [5.41, 5.74) is 1.98. The number of hydrogen-bond acceptors (Lipinski definition) is 4. The van der Waals surface area contributed by atoms with Crippen LogP contribution in [0, 0.1) is 0 Å². The quantitative estimate of drug-likeness (QED) is 0.361. The van der Waals surface area contributed by atoms with Crippen LogP contribution in [0.5, 0.6) is 11.5 Å². The zero-order valence-corrected chi connectivity index (χ0v) is 20.6. The number of fused-ring (bicyclic) bond motifs is 1. The lowest BCUT2D eigenvalue weighted by molar-refractivity contribution is -0.137. The summed E-state index contributed by atoms with van der Waals surface area (Å²) >= 11 is 0. The minimum absolute atomic E-state index is 0.186. The van der Waals surface area contributed by atoms with Gasteiger partial charge in [0.1, 0.15) is 18.6 Å². The Balaban J connectivity index is 1.98.